The van der Waals surface area contributed by atoms with E-state index in [0.29, 0.717) is 6.54 Å². The fourth-order valence-corrected chi connectivity index (χ4v) is 3.09. The predicted molar refractivity (Wildman–Crippen MR) is 98.6 cm³/mol. The van der Waals surface area contributed by atoms with Gasteiger partial charge in [0.15, 0.2) is 0 Å². The lowest BCUT2D eigenvalue weighted by Crippen LogP contribution is -2.48. The summed E-state index contributed by atoms with van der Waals surface area (Å²) in [6, 6.07) is 12.0. The topological polar surface area (TPSA) is 70.2 Å². The number of hydrogen-bond acceptors (Lipinski definition) is 4. The molecule has 1 saturated heterocycles. The highest BCUT2D eigenvalue weighted by molar-refractivity contribution is 5.74. The second kappa shape index (κ2) is 7.96. The normalized spacial score (nSPS) is 15.0. The highest BCUT2D eigenvalue weighted by Crippen LogP contribution is 2.17. The minimum absolute atomic E-state index is 0.107. The Morgan fingerprint density at radius 3 is 2.40 bits per heavy atom. The van der Waals surface area contributed by atoms with E-state index in [1.165, 1.54) is 0 Å². The summed E-state index contributed by atoms with van der Waals surface area (Å²) in [6.45, 7) is 6.23. The van der Waals surface area contributed by atoms with E-state index in [1.54, 1.807) is 0 Å². The van der Waals surface area contributed by atoms with Crippen molar-refractivity contribution in [1.29, 1.82) is 0 Å². The molecule has 1 aliphatic heterocycles. The lowest BCUT2D eigenvalue weighted by molar-refractivity contribution is 0.234. The average Bonchev–Trinajstić information content (AvgIpc) is 2.61. The number of aromatic nitrogens is 2. The molecule has 6 heteroatoms. The molecule has 1 aromatic carbocycles. The number of carbonyl (C=O) groups excluding carboxylic acids is 1. The minimum Gasteiger partial charge on any atom is -0.341 e. The van der Waals surface area contributed by atoms with Crippen LogP contribution < -0.4 is 15.5 Å². The molecule has 25 heavy (non-hydrogen) atoms. The van der Waals surface area contributed by atoms with Gasteiger partial charge < -0.3 is 15.5 Å². The van der Waals surface area contributed by atoms with Crippen LogP contribution in [-0.4, -0.2) is 35.1 Å². The van der Waals surface area contributed by atoms with E-state index in [1.807, 2.05) is 50.2 Å². The van der Waals surface area contributed by atoms with Crippen LogP contribution >= 0.6 is 0 Å². The van der Waals surface area contributed by atoms with Gasteiger partial charge in [-0.05, 0) is 38.3 Å². The molecule has 2 amide bonds. The molecule has 0 unspecified atom stereocenters. The Kier molecular flexibility index (Phi) is 5.48. The van der Waals surface area contributed by atoms with Crippen LogP contribution in [0, 0.1) is 13.8 Å². The van der Waals surface area contributed by atoms with Crippen molar-refractivity contribution in [2.75, 3.05) is 18.0 Å². The first-order chi connectivity index (χ1) is 12.1. The van der Waals surface area contributed by atoms with E-state index in [-0.39, 0.29) is 12.1 Å². The Hall–Kier alpha value is -2.63. The van der Waals surface area contributed by atoms with E-state index < -0.39 is 0 Å². The van der Waals surface area contributed by atoms with Gasteiger partial charge in [0, 0.05) is 37.1 Å². The van der Waals surface area contributed by atoms with Crippen LogP contribution in [0.4, 0.5) is 10.7 Å². The van der Waals surface area contributed by atoms with Crippen molar-refractivity contribution in [3.63, 3.8) is 0 Å². The van der Waals surface area contributed by atoms with Crippen molar-refractivity contribution in [3.05, 3.63) is 53.3 Å². The van der Waals surface area contributed by atoms with Crippen molar-refractivity contribution in [3.8, 4) is 0 Å². The average molecular weight is 339 g/mol. The first-order valence-electron chi connectivity index (χ1n) is 8.75. The first-order valence-corrected chi connectivity index (χ1v) is 8.75. The molecule has 0 saturated carbocycles. The summed E-state index contributed by atoms with van der Waals surface area (Å²) < 4.78 is 0. The van der Waals surface area contributed by atoms with Crippen LogP contribution in [0.2, 0.25) is 0 Å². The van der Waals surface area contributed by atoms with Crippen LogP contribution in [0.5, 0.6) is 0 Å². The largest absolute Gasteiger partial charge is 0.341 e. The smallest absolute Gasteiger partial charge is 0.315 e. The zero-order chi connectivity index (χ0) is 17.6. The Labute approximate surface area is 148 Å². The van der Waals surface area contributed by atoms with Gasteiger partial charge in [0.25, 0.3) is 0 Å². The van der Waals surface area contributed by atoms with Gasteiger partial charge in [-0.25, -0.2) is 14.8 Å². The summed E-state index contributed by atoms with van der Waals surface area (Å²) in [5.74, 6) is 0.796. The molecule has 0 radical (unpaired) electrons. The van der Waals surface area contributed by atoms with Gasteiger partial charge in [-0.1, -0.05) is 30.3 Å². The molecule has 2 heterocycles. The van der Waals surface area contributed by atoms with Crippen molar-refractivity contribution in [2.24, 2.45) is 0 Å². The number of benzene rings is 1. The number of hydrogen-bond donors (Lipinski definition) is 2. The summed E-state index contributed by atoms with van der Waals surface area (Å²) in [4.78, 5) is 23.3. The first kappa shape index (κ1) is 17.2. The molecule has 0 aliphatic carbocycles. The van der Waals surface area contributed by atoms with E-state index in [9.17, 15) is 4.79 Å². The fraction of sp³-hybridized carbons (Fsp3) is 0.421. The molecule has 2 aromatic rings. The second-order valence-electron chi connectivity index (χ2n) is 6.52. The fourth-order valence-electron chi connectivity index (χ4n) is 3.09. The van der Waals surface area contributed by atoms with Crippen molar-refractivity contribution < 1.29 is 4.79 Å². The van der Waals surface area contributed by atoms with Gasteiger partial charge in [0.05, 0.1) is 0 Å². The Morgan fingerprint density at radius 2 is 1.76 bits per heavy atom. The molecule has 6 nitrogen and oxygen atoms in total. The maximum Gasteiger partial charge on any atom is 0.315 e. The van der Waals surface area contributed by atoms with Gasteiger partial charge in [-0.15, -0.1) is 0 Å². The number of nitrogens with zero attached hydrogens (tertiary/aromatic N) is 3. The number of nitrogens with one attached hydrogen (secondary N) is 2. The highest BCUT2D eigenvalue weighted by Gasteiger charge is 2.22. The molecule has 3 rings (SSSR count). The van der Waals surface area contributed by atoms with E-state index >= 15 is 0 Å². The maximum atomic E-state index is 12.1. The van der Waals surface area contributed by atoms with Crippen LogP contribution in [-0.2, 0) is 6.54 Å². The third kappa shape index (κ3) is 4.92. The van der Waals surface area contributed by atoms with Crippen LogP contribution in [0.25, 0.3) is 0 Å². The van der Waals surface area contributed by atoms with E-state index in [0.717, 1.165) is 48.8 Å². The monoisotopic (exact) mass is 339 g/mol. The van der Waals surface area contributed by atoms with Crippen molar-refractivity contribution in [1.82, 2.24) is 20.6 Å². The maximum absolute atomic E-state index is 12.1. The zero-order valence-electron chi connectivity index (χ0n) is 14.8. The molecule has 1 fully saturated rings. The van der Waals surface area contributed by atoms with Gasteiger partial charge in [0.1, 0.15) is 0 Å². The van der Waals surface area contributed by atoms with Gasteiger partial charge in [-0.3, -0.25) is 0 Å². The van der Waals surface area contributed by atoms with Crippen LogP contribution in [0.3, 0.4) is 0 Å². The Bertz CT molecular complexity index is 691. The number of carbonyl (C=O) groups is 1. The molecular formula is C19H25N5O. The highest BCUT2D eigenvalue weighted by atomic mass is 16.2. The third-order valence-electron chi connectivity index (χ3n) is 4.38. The van der Waals surface area contributed by atoms with Crippen LogP contribution in [0.15, 0.2) is 36.4 Å². The Morgan fingerprint density at radius 1 is 1.12 bits per heavy atom. The van der Waals surface area contributed by atoms with Crippen LogP contribution in [0.1, 0.15) is 29.8 Å². The van der Waals surface area contributed by atoms with E-state index in [2.05, 4.69) is 25.5 Å². The number of anilines is 1. The van der Waals surface area contributed by atoms with E-state index in [4.69, 9.17) is 0 Å². The Balaban J connectivity index is 1.45. The summed E-state index contributed by atoms with van der Waals surface area (Å²) in [6.07, 6.45) is 1.80. The van der Waals surface area contributed by atoms with Crippen molar-refractivity contribution in [2.45, 2.75) is 39.3 Å². The second-order valence-corrected chi connectivity index (χ2v) is 6.52. The van der Waals surface area contributed by atoms with Crippen molar-refractivity contribution >= 4 is 12.0 Å². The summed E-state index contributed by atoms with van der Waals surface area (Å²) in [7, 11) is 0. The lowest BCUT2D eigenvalue weighted by atomic mass is 10.1. The number of piperidine rings is 1. The molecule has 0 spiro atoms. The number of urea groups is 1. The molecule has 132 valence electrons. The summed E-state index contributed by atoms with van der Waals surface area (Å²) >= 11 is 0. The molecule has 1 aliphatic rings. The predicted octanol–water partition coefficient (Wildman–Crippen LogP) is 2.56. The van der Waals surface area contributed by atoms with Gasteiger partial charge in [-0.2, -0.15) is 0 Å². The van der Waals surface area contributed by atoms with Gasteiger partial charge >= 0.3 is 6.03 Å². The molecule has 0 bridgehead atoms. The molecule has 2 N–H and O–H groups in total. The zero-order valence-corrected chi connectivity index (χ0v) is 14.8. The number of aryl methyl sites for hydroxylation is 2. The SMILES string of the molecule is Cc1cc(C)nc(N2CCC(NC(=O)NCc3ccccc3)CC2)n1. The number of amides is 2. The molecule has 1 aromatic heterocycles. The quantitative estimate of drug-likeness (QED) is 0.898. The lowest BCUT2D eigenvalue weighted by Gasteiger charge is -2.32. The van der Waals surface area contributed by atoms with Gasteiger partial charge in [0.2, 0.25) is 5.95 Å². The third-order valence-corrected chi connectivity index (χ3v) is 4.38. The molecular weight excluding hydrogens is 314 g/mol. The summed E-state index contributed by atoms with van der Waals surface area (Å²) in [5.41, 5.74) is 3.07. The number of rotatable bonds is 4. The summed E-state index contributed by atoms with van der Waals surface area (Å²) in [5, 5.41) is 5.98. The standard InChI is InChI=1S/C19H25N5O/c1-14-12-15(2)22-18(21-14)24-10-8-17(9-11-24)23-19(25)20-13-16-6-4-3-5-7-16/h3-7,12,17H,8-11,13H2,1-2H3,(H2,20,23,25). The minimum atomic E-state index is -0.107. The molecule has 0 atom stereocenters.